The van der Waals surface area contributed by atoms with Crippen LogP contribution < -0.4 is 5.32 Å². The lowest BCUT2D eigenvalue weighted by Crippen LogP contribution is -2.28. The molecule has 3 nitrogen and oxygen atoms in total. The lowest BCUT2D eigenvalue weighted by molar-refractivity contribution is -0.118. The number of hydrogen-bond donors (Lipinski definition) is 2. The molecule has 2 N–H and O–H groups in total. The molecule has 0 spiro atoms. The molecule has 2 aromatic carbocycles. The van der Waals surface area contributed by atoms with Gasteiger partial charge in [0.15, 0.2) is 0 Å². The third-order valence-corrected chi connectivity index (χ3v) is 7.02. The molecule has 1 heterocycles. The Labute approximate surface area is 179 Å². The first-order chi connectivity index (χ1) is 14.3. The number of rotatable bonds is 3. The van der Waals surface area contributed by atoms with E-state index < -0.39 is 0 Å². The maximum absolute atomic E-state index is 13.3. The molecule has 1 fully saturated rings. The number of aromatic amines is 1. The highest BCUT2D eigenvalue weighted by Crippen LogP contribution is 2.49. The highest BCUT2D eigenvalue weighted by Gasteiger charge is 2.51. The van der Waals surface area contributed by atoms with Gasteiger partial charge in [0.1, 0.15) is 0 Å². The number of carbonyl (C=O) groups is 1. The van der Waals surface area contributed by atoms with Crippen LogP contribution in [-0.2, 0) is 28.5 Å². The Morgan fingerprint density at radius 1 is 0.933 bits per heavy atom. The fourth-order valence-electron chi connectivity index (χ4n) is 4.84. The Morgan fingerprint density at radius 3 is 2.43 bits per heavy atom. The van der Waals surface area contributed by atoms with Crippen molar-refractivity contribution in [1.29, 1.82) is 0 Å². The van der Waals surface area contributed by atoms with E-state index in [0.29, 0.717) is 0 Å². The number of carbonyl (C=O) groups excluding carboxylic acids is 1. The van der Waals surface area contributed by atoms with E-state index in [0.717, 1.165) is 35.9 Å². The van der Waals surface area contributed by atoms with Crippen molar-refractivity contribution in [2.24, 2.45) is 0 Å². The molecule has 2 aliphatic carbocycles. The molecular weight excluding hydrogens is 368 g/mol. The van der Waals surface area contributed by atoms with E-state index in [4.69, 9.17) is 0 Å². The summed E-state index contributed by atoms with van der Waals surface area (Å²) in [5.74, 6) is 0.141. The van der Waals surface area contributed by atoms with Gasteiger partial charge in [-0.15, -0.1) is 0 Å². The zero-order valence-electron chi connectivity index (χ0n) is 18.4. The van der Waals surface area contributed by atoms with Crippen LogP contribution in [0.1, 0.15) is 75.3 Å². The first-order valence-corrected chi connectivity index (χ1v) is 11.4. The van der Waals surface area contributed by atoms with Crippen LogP contribution in [0.25, 0.3) is 10.9 Å². The SMILES string of the molecule is CC(C)(C)c1cc2cc(NC(=O)C3(c4ccc5c(c4)CCCCC5)CC3)ccc2[nH]1. The molecule has 0 saturated heterocycles. The molecule has 156 valence electrons. The van der Waals surface area contributed by atoms with Gasteiger partial charge in [-0.2, -0.15) is 0 Å². The molecule has 3 heteroatoms. The second-order valence-electron chi connectivity index (χ2n) is 10.3. The molecule has 0 bridgehead atoms. The van der Waals surface area contributed by atoms with Gasteiger partial charge in [0.05, 0.1) is 5.41 Å². The Morgan fingerprint density at radius 2 is 1.70 bits per heavy atom. The topological polar surface area (TPSA) is 44.9 Å². The Kier molecular flexibility index (Phi) is 4.53. The van der Waals surface area contributed by atoms with E-state index in [9.17, 15) is 4.79 Å². The van der Waals surface area contributed by atoms with Crippen molar-refractivity contribution in [3.05, 3.63) is 64.8 Å². The summed E-state index contributed by atoms with van der Waals surface area (Å²) < 4.78 is 0. The minimum atomic E-state index is -0.342. The summed E-state index contributed by atoms with van der Waals surface area (Å²) in [4.78, 5) is 16.8. The highest BCUT2D eigenvalue weighted by atomic mass is 16.2. The van der Waals surface area contributed by atoms with Crippen LogP contribution in [0.4, 0.5) is 5.69 Å². The number of fused-ring (bicyclic) bond motifs is 2. The zero-order valence-corrected chi connectivity index (χ0v) is 18.4. The predicted octanol–water partition coefficient (Wildman–Crippen LogP) is 6.40. The highest BCUT2D eigenvalue weighted by molar-refractivity contribution is 6.02. The maximum atomic E-state index is 13.3. The Bertz CT molecular complexity index is 1110. The second kappa shape index (κ2) is 7.01. The van der Waals surface area contributed by atoms with Crippen LogP contribution in [0.3, 0.4) is 0 Å². The van der Waals surface area contributed by atoms with Gasteiger partial charge in [-0.25, -0.2) is 0 Å². The third-order valence-electron chi connectivity index (χ3n) is 7.02. The number of hydrogen-bond acceptors (Lipinski definition) is 1. The molecule has 0 atom stereocenters. The molecule has 0 unspecified atom stereocenters. The van der Waals surface area contributed by atoms with Crippen molar-refractivity contribution >= 4 is 22.5 Å². The number of nitrogens with one attached hydrogen (secondary N) is 2. The van der Waals surface area contributed by atoms with Crippen molar-refractivity contribution in [3.8, 4) is 0 Å². The molecule has 0 radical (unpaired) electrons. The molecule has 30 heavy (non-hydrogen) atoms. The molecule has 1 aromatic heterocycles. The van der Waals surface area contributed by atoms with Gasteiger partial charge in [0.25, 0.3) is 0 Å². The summed E-state index contributed by atoms with van der Waals surface area (Å²) in [5, 5.41) is 4.37. The van der Waals surface area contributed by atoms with Crippen LogP contribution in [-0.4, -0.2) is 10.9 Å². The lowest BCUT2D eigenvalue weighted by atomic mass is 9.90. The average molecular weight is 401 g/mol. The van der Waals surface area contributed by atoms with Crippen molar-refractivity contribution in [1.82, 2.24) is 4.98 Å². The van der Waals surface area contributed by atoms with E-state index in [1.54, 1.807) is 0 Å². The molecule has 5 rings (SSSR count). The van der Waals surface area contributed by atoms with Gasteiger partial charge in [0.2, 0.25) is 5.91 Å². The fourth-order valence-corrected chi connectivity index (χ4v) is 4.84. The summed E-state index contributed by atoms with van der Waals surface area (Å²) in [7, 11) is 0. The minimum absolute atomic E-state index is 0.0752. The van der Waals surface area contributed by atoms with E-state index in [-0.39, 0.29) is 16.7 Å². The monoisotopic (exact) mass is 400 g/mol. The molecular formula is C27H32N2O. The van der Waals surface area contributed by atoms with Crippen molar-refractivity contribution < 1.29 is 4.79 Å². The van der Waals surface area contributed by atoms with E-state index >= 15 is 0 Å². The third kappa shape index (κ3) is 3.45. The standard InChI is InChI=1S/C27H32N2O/c1-26(2,3)24-17-20-16-22(11-12-23(20)29-24)28-25(30)27(13-14-27)21-10-9-18-7-5-4-6-8-19(18)15-21/h9-12,15-17,29H,4-8,13-14H2,1-3H3,(H,28,30). The molecule has 3 aromatic rings. The molecule has 1 saturated carbocycles. The molecule has 2 aliphatic rings. The summed E-state index contributed by atoms with van der Waals surface area (Å²) in [6.07, 6.45) is 8.09. The Balaban J connectivity index is 1.39. The average Bonchev–Trinajstić information content (AvgIpc) is 3.45. The number of anilines is 1. The zero-order chi connectivity index (χ0) is 20.9. The summed E-state index contributed by atoms with van der Waals surface area (Å²) in [6.45, 7) is 6.62. The minimum Gasteiger partial charge on any atom is -0.358 e. The van der Waals surface area contributed by atoms with Crippen LogP contribution in [0.5, 0.6) is 0 Å². The number of benzene rings is 2. The Hall–Kier alpha value is -2.55. The van der Waals surface area contributed by atoms with Gasteiger partial charge >= 0.3 is 0 Å². The molecule has 0 aliphatic heterocycles. The van der Waals surface area contributed by atoms with Crippen LogP contribution in [0, 0.1) is 0 Å². The number of aryl methyl sites for hydroxylation is 2. The second-order valence-corrected chi connectivity index (χ2v) is 10.3. The summed E-state index contributed by atoms with van der Waals surface area (Å²) >= 11 is 0. The first kappa shape index (κ1) is 19.4. The number of H-pyrrole nitrogens is 1. The van der Waals surface area contributed by atoms with Gasteiger partial charge in [-0.3, -0.25) is 4.79 Å². The smallest absolute Gasteiger partial charge is 0.235 e. The van der Waals surface area contributed by atoms with Gasteiger partial charge in [-0.05, 0) is 79.5 Å². The van der Waals surface area contributed by atoms with E-state index in [1.807, 2.05) is 6.07 Å². The summed E-state index contributed by atoms with van der Waals surface area (Å²) in [6, 6.07) is 15.2. The number of aromatic nitrogens is 1. The van der Waals surface area contributed by atoms with Crippen LogP contribution >= 0.6 is 0 Å². The largest absolute Gasteiger partial charge is 0.358 e. The van der Waals surface area contributed by atoms with E-state index in [1.165, 1.54) is 48.1 Å². The maximum Gasteiger partial charge on any atom is 0.235 e. The van der Waals surface area contributed by atoms with Gasteiger partial charge in [0, 0.05) is 27.7 Å². The first-order valence-electron chi connectivity index (χ1n) is 11.4. The number of amides is 1. The normalized spacial score (nSPS) is 18.0. The van der Waals surface area contributed by atoms with Crippen LogP contribution in [0.2, 0.25) is 0 Å². The van der Waals surface area contributed by atoms with Crippen molar-refractivity contribution in [3.63, 3.8) is 0 Å². The van der Waals surface area contributed by atoms with E-state index in [2.05, 4.69) is 67.5 Å². The van der Waals surface area contributed by atoms with Crippen LogP contribution in [0.15, 0.2) is 42.5 Å². The quantitative estimate of drug-likeness (QED) is 0.491. The summed E-state index contributed by atoms with van der Waals surface area (Å²) in [5.41, 5.74) is 7.10. The van der Waals surface area contributed by atoms with Gasteiger partial charge in [-0.1, -0.05) is 45.4 Å². The molecule has 1 amide bonds. The van der Waals surface area contributed by atoms with Gasteiger partial charge < -0.3 is 10.3 Å². The van der Waals surface area contributed by atoms with Crippen molar-refractivity contribution in [2.75, 3.05) is 5.32 Å². The predicted molar refractivity (Wildman–Crippen MR) is 124 cm³/mol. The van der Waals surface area contributed by atoms with Crippen molar-refractivity contribution in [2.45, 2.75) is 76.5 Å². The lowest BCUT2D eigenvalue weighted by Gasteiger charge is -2.18. The fraction of sp³-hybridized carbons (Fsp3) is 0.444.